The number of nitrogens with zero attached hydrogens (tertiary/aromatic N) is 3. The second kappa shape index (κ2) is 7.31. The summed E-state index contributed by atoms with van der Waals surface area (Å²) in [6.07, 6.45) is 0.347. The molecule has 0 unspecified atom stereocenters. The number of thioether (sulfide) groups is 1. The zero-order valence-corrected chi connectivity index (χ0v) is 14.1. The number of carbonyl (C=O) groups excluding carboxylic acids is 1. The summed E-state index contributed by atoms with van der Waals surface area (Å²) in [4.78, 5) is 11.9. The summed E-state index contributed by atoms with van der Waals surface area (Å²) in [5, 5.41) is 14.9. The molecule has 0 bridgehead atoms. The van der Waals surface area contributed by atoms with Crippen molar-refractivity contribution in [1.29, 1.82) is 0 Å². The lowest BCUT2D eigenvalue weighted by molar-refractivity contribution is -0.115. The highest BCUT2D eigenvalue weighted by atomic mass is 32.2. The molecule has 0 radical (unpaired) electrons. The predicted molar refractivity (Wildman–Crippen MR) is 89.7 cm³/mol. The lowest BCUT2D eigenvalue weighted by atomic mass is 10.2. The number of nitrogens with one attached hydrogen (secondary N) is 1. The van der Waals surface area contributed by atoms with E-state index in [0.29, 0.717) is 34.7 Å². The predicted octanol–water partition coefficient (Wildman–Crippen LogP) is 3.46. The molecular formula is C16H16N4O3S. The minimum Gasteiger partial charge on any atom is -0.409 e. The van der Waals surface area contributed by atoms with E-state index in [9.17, 15) is 4.79 Å². The quantitative estimate of drug-likeness (QED) is 0.684. The standard InChI is InChI=1S/C16H16N4O3S/c1-10-4-3-5-12(8-10)17-14(21)6-7-24-16-19-18-15(22-16)13-9-11(2)23-20-13/h3-5,8-9H,6-7H2,1-2H3,(H,17,21). The van der Waals surface area contributed by atoms with Crippen molar-refractivity contribution >= 4 is 23.4 Å². The first kappa shape index (κ1) is 16.3. The van der Waals surface area contributed by atoms with Gasteiger partial charge in [-0.05, 0) is 31.5 Å². The fourth-order valence-corrected chi connectivity index (χ4v) is 2.71. The number of benzene rings is 1. The van der Waals surface area contributed by atoms with Crippen molar-refractivity contribution in [2.45, 2.75) is 25.5 Å². The van der Waals surface area contributed by atoms with Crippen LogP contribution in [-0.2, 0) is 4.79 Å². The van der Waals surface area contributed by atoms with E-state index in [2.05, 4.69) is 20.7 Å². The fourth-order valence-electron chi connectivity index (χ4n) is 2.02. The molecule has 0 spiro atoms. The lowest BCUT2D eigenvalue weighted by Gasteiger charge is -2.05. The van der Waals surface area contributed by atoms with Gasteiger partial charge in [0, 0.05) is 23.9 Å². The van der Waals surface area contributed by atoms with Crippen LogP contribution in [0.5, 0.6) is 0 Å². The molecule has 0 fully saturated rings. The Hall–Kier alpha value is -2.61. The molecule has 0 aliphatic carbocycles. The summed E-state index contributed by atoms with van der Waals surface area (Å²) in [5.41, 5.74) is 2.40. The largest absolute Gasteiger partial charge is 0.409 e. The van der Waals surface area contributed by atoms with Gasteiger partial charge in [-0.15, -0.1) is 10.2 Å². The van der Waals surface area contributed by atoms with Crippen LogP contribution in [0.25, 0.3) is 11.6 Å². The second-order valence-corrected chi connectivity index (χ2v) is 6.26. The summed E-state index contributed by atoms with van der Waals surface area (Å²) < 4.78 is 10.5. The van der Waals surface area contributed by atoms with Gasteiger partial charge in [-0.1, -0.05) is 29.1 Å². The SMILES string of the molecule is Cc1cccc(NC(=O)CCSc2nnc(-c3cc(C)on3)o2)c1. The van der Waals surface area contributed by atoms with Gasteiger partial charge in [0.05, 0.1) is 0 Å². The van der Waals surface area contributed by atoms with Crippen LogP contribution >= 0.6 is 11.8 Å². The van der Waals surface area contributed by atoms with Crippen molar-refractivity contribution in [3.05, 3.63) is 41.7 Å². The second-order valence-electron chi connectivity index (χ2n) is 5.21. The van der Waals surface area contributed by atoms with Crippen molar-refractivity contribution in [2.24, 2.45) is 0 Å². The molecule has 1 amide bonds. The Morgan fingerprint density at radius 2 is 2.12 bits per heavy atom. The van der Waals surface area contributed by atoms with E-state index in [4.69, 9.17) is 8.94 Å². The monoisotopic (exact) mass is 344 g/mol. The van der Waals surface area contributed by atoms with E-state index in [1.54, 1.807) is 13.0 Å². The minimum atomic E-state index is -0.0556. The highest BCUT2D eigenvalue weighted by molar-refractivity contribution is 7.99. The van der Waals surface area contributed by atoms with Crippen molar-refractivity contribution in [3.63, 3.8) is 0 Å². The molecule has 0 saturated heterocycles. The van der Waals surface area contributed by atoms with E-state index in [1.165, 1.54) is 11.8 Å². The molecule has 24 heavy (non-hydrogen) atoms. The van der Waals surface area contributed by atoms with Crippen LogP contribution in [0.3, 0.4) is 0 Å². The fraction of sp³-hybridized carbons (Fsp3) is 0.250. The molecule has 3 aromatic rings. The van der Waals surface area contributed by atoms with Crippen LogP contribution in [0.15, 0.2) is 44.5 Å². The van der Waals surface area contributed by atoms with E-state index in [-0.39, 0.29) is 5.91 Å². The van der Waals surface area contributed by atoms with Gasteiger partial charge in [-0.3, -0.25) is 4.79 Å². The number of rotatable bonds is 6. The third kappa shape index (κ3) is 4.23. The summed E-state index contributed by atoms with van der Waals surface area (Å²) in [7, 11) is 0. The van der Waals surface area contributed by atoms with Gasteiger partial charge in [0.25, 0.3) is 11.1 Å². The van der Waals surface area contributed by atoms with Crippen molar-refractivity contribution in [2.75, 3.05) is 11.1 Å². The van der Waals surface area contributed by atoms with E-state index >= 15 is 0 Å². The Labute approximate surface area is 142 Å². The van der Waals surface area contributed by atoms with Gasteiger partial charge in [0.2, 0.25) is 5.91 Å². The van der Waals surface area contributed by atoms with Gasteiger partial charge in [-0.2, -0.15) is 0 Å². The van der Waals surface area contributed by atoms with Crippen LogP contribution in [0.1, 0.15) is 17.7 Å². The van der Waals surface area contributed by atoms with Crippen LogP contribution in [0, 0.1) is 13.8 Å². The normalized spacial score (nSPS) is 10.8. The van der Waals surface area contributed by atoms with Gasteiger partial charge >= 0.3 is 0 Å². The molecule has 2 aromatic heterocycles. The molecule has 0 atom stereocenters. The molecule has 8 heteroatoms. The average molecular weight is 344 g/mol. The smallest absolute Gasteiger partial charge is 0.276 e. The number of carbonyl (C=O) groups is 1. The van der Waals surface area contributed by atoms with Gasteiger partial charge < -0.3 is 14.3 Å². The summed E-state index contributed by atoms with van der Waals surface area (Å²) in [5.74, 6) is 1.46. The first-order valence-electron chi connectivity index (χ1n) is 7.36. The Kier molecular flexibility index (Phi) is 4.95. The summed E-state index contributed by atoms with van der Waals surface area (Å²) in [6.45, 7) is 3.77. The molecule has 2 heterocycles. The van der Waals surface area contributed by atoms with Crippen LogP contribution < -0.4 is 5.32 Å². The number of hydrogen-bond donors (Lipinski definition) is 1. The third-order valence-corrected chi connectivity index (χ3v) is 3.93. The third-order valence-electron chi connectivity index (χ3n) is 3.11. The zero-order valence-electron chi connectivity index (χ0n) is 13.3. The minimum absolute atomic E-state index is 0.0556. The highest BCUT2D eigenvalue weighted by Gasteiger charge is 2.13. The van der Waals surface area contributed by atoms with Gasteiger partial charge in [0.15, 0.2) is 5.69 Å². The molecule has 0 aliphatic heterocycles. The summed E-state index contributed by atoms with van der Waals surface area (Å²) in [6, 6.07) is 9.40. The molecule has 1 N–H and O–H groups in total. The Bertz CT molecular complexity index is 843. The number of aromatic nitrogens is 3. The topological polar surface area (TPSA) is 94.1 Å². The van der Waals surface area contributed by atoms with Crippen LogP contribution in [0.2, 0.25) is 0 Å². The number of hydrogen-bond acceptors (Lipinski definition) is 7. The maximum atomic E-state index is 11.9. The molecular weight excluding hydrogens is 328 g/mol. The molecule has 0 saturated carbocycles. The first-order valence-corrected chi connectivity index (χ1v) is 8.35. The van der Waals surface area contributed by atoms with Crippen LogP contribution in [-0.4, -0.2) is 27.0 Å². The molecule has 124 valence electrons. The molecule has 3 rings (SSSR count). The van der Waals surface area contributed by atoms with Gasteiger partial charge in [-0.25, -0.2) is 0 Å². The van der Waals surface area contributed by atoms with Crippen molar-refractivity contribution in [1.82, 2.24) is 15.4 Å². The number of anilines is 1. The maximum Gasteiger partial charge on any atom is 0.276 e. The Morgan fingerprint density at radius 3 is 2.88 bits per heavy atom. The summed E-state index contributed by atoms with van der Waals surface area (Å²) >= 11 is 1.33. The highest BCUT2D eigenvalue weighted by Crippen LogP contribution is 2.23. The average Bonchev–Trinajstić information content (AvgIpc) is 3.16. The van der Waals surface area contributed by atoms with Crippen LogP contribution in [0.4, 0.5) is 5.69 Å². The number of aryl methyl sites for hydroxylation is 2. The molecule has 7 nitrogen and oxygen atoms in total. The van der Waals surface area contributed by atoms with Crippen molar-refractivity contribution < 1.29 is 13.7 Å². The first-order chi connectivity index (χ1) is 11.6. The Morgan fingerprint density at radius 1 is 1.25 bits per heavy atom. The maximum absolute atomic E-state index is 11.9. The number of amides is 1. The van der Waals surface area contributed by atoms with E-state index in [0.717, 1.165) is 11.3 Å². The lowest BCUT2D eigenvalue weighted by Crippen LogP contribution is -2.12. The van der Waals surface area contributed by atoms with E-state index in [1.807, 2.05) is 31.2 Å². The van der Waals surface area contributed by atoms with Crippen molar-refractivity contribution in [3.8, 4) is 11.6 Å². The molecule has 1 aromatic carbocycles. The Balaban J connectivity index is 1.48. The van der Waals surface area contributed by atoms with E-state index < -0.39 is 0 Å². The molecule has 0 aliphatic rings. The zero-order chi connectivity index (χ0) is 16.9. The van der Waals surface area contributed by atoms with Gasteiger partial charge in [0.1, 0.15) is 5.76 Å².